The minimum Gasteiger partial charge on any atom is -0.459 e. The van der Waals surface area contributed by atoms with E-state index >= 15 is 0 Å². The summed E-state index contributed by atoms with van der Waals surface area (Å²) in [6.07, 6.45) is 1.11. The number of aromatic nitrogens is 1. The number of hydrogen-bond donors (Lipinski definition) is 1. The summed E-state index contributed by atoms with van der Waals surface area (Å²) in [6.45, 7) is 7.12. The number of amides is 1. The minimum atomic E-state index is -0.941. The minimum absolute atomic E-state index is 0.129. The maximum atomic E-state index is 12.2. The zero-order valence-electron chi connectivity index (χ0n) is 14.1. The molecule has 1 aromatic heterocycles. The van der Waals surface area contributed by atoms with Gasteiger partial charge >= 0.3 is 18.0 Å². The summed E-state index contributed by atoms with van der Waals surface area (Å²) in [7, 11) is 0. The smallest absolute Gasteiger partial charge is 0.418 e. The molecule has 7 heteroatoms. The van der Waals surface area contributed by atoms with Crippen molar-refractivity contribution >= 4 is 34.6 Å². The van der Waals surface area contributed by atoms with Crippen LogP contribution in [0.3, 0.4) is 0 Å². The molecule has 2 aromatic rings. The van der Waals surface area contributed by atoms with Gasteiger partial charge in [-0.15, -0.1) is 0 Å². The molecule has 0 saturated heterocycles. The molecular formula is C17H20N2O5. The number of nitrogens with zero attached hydrogens (tertiary/aromatic N) is 1. The van der Waals surface area contributed by atoms with E-state index < -0.39 is 23.6 Å². The molecule has 7 nitrogen and oxygen atoms in total. The Bertz CT molecular complexity index is 786. The van der Waals surface area contributed by atoms with E-state index in [1.807, 2.05) is 0 Å². The Morgan fingerprint density at radius 2 is 1.88 bits per heavy atom. The van der Waals surface area contributed by atoms with Crippen LogP contribution in [0, 0.1) is 0 Å². The van der Waals surface area contributed by atoms with Crippen molar-refractivity contribution in [1.82, 2.24) is 4.57 Å². The van der Waals surface area contributed by atoms with Gasteiger partial charge in [0, 0.05) is 17.3 Å². The number of carbonyl (C=O) groups excluding carboxylic acids is 3. The Hall–Kier alpha value is -2.83. The molecule has 0 spiro atoms. The van der Waals surface area contributed by atoms with E-state index in [9.17, 15) is 14.4 Å². The number of esters is 1. The maximum absolute atomic E-state index is 12.2. The molecule has 0 fully saturated rings. The molecule has 1 amide bonds. The van der Waals surface area contributed by atoms with Crippen molar-refractivity contribution in [2.24, 2.45) is 0 Å². The van der Waals surface area contributed by atoms with Gasteiger partial charge in [-0.05, 0) is 52.0 Å². The van der Waals surface area contributed by atoms with Crippen molar-refractivity contribution in [2.45, 2.75) is 33.3 Å². The van der Waals surface area contributed by atoms with Crippen LogP contribution >= 0.6 is 0 Å². The average molecular weight is 332 g/mol. The van der Waals surface area contributed by atoms with Gasteiger partial charge in [-0.25, -0.2) is 9.59 Å². The van der Waals surface area contributed by atoms with Crippen LogP contribution in [-0.2, 0) is 19.1 Å². The topological polar surface area (TPSA) is 86.6 Å². The summed E-state index contributed by atoms with van der Waals surface area (Å²) in [5, 5.41) is 3.18. The maximum Gasteiger partial charge on any atom is 0.418 e. The van der Waals surface area contributed by atoms with E-state index in [0.29, 0.717) is 11.2 Å². The number of hydrogen-bond acceptors (Lipinski definition) is 5. The van der Waals surface area contributed by atoms with Crippen LogP contribution in [0.1, 0.15) is 27.7 Å². The van der Waals surface area contributed by atoms with Crippen molar-refractivity contribution in [3.63, 3.8) is 0 Å². The Labute approximate surface area is 139 Å². The van der Waals surface area contributed by atoms with Gasteiger partial charge in [0.15, 0.2) is 0 Å². The molecule has 1 heterocycles. The SMILES string of the molecule is CCOC(=O)C(=O)Nc1ccc2c(ccn2C(=O)OC(C)(C)C)c1. The van der Waals surface area contributed by atoms with E-state index in [0.717, 1.165) is 5.39 Å². The quantitative estimate of drug-likeness (QED) is 0.675. The molecule has 128 valence electrons. The summed E-state index contributed by atoms with van der Waals surface area (Å²) in [4.78, 5) is 35.2. The second-order valence-corrected chi connectivity index (χ2v) is 6.11. The second kappa shape index (κ2) is 6.74. The molecule has 0 saturated carbocycles. The second-order valence-electron chi connectivity index (χ2n) is 6.11. The lowest BCUT2D eigenvalue weighted by atomic mass is 10.2. The Balaban J connectivity index is 2.20. The van der Waals surface area contributed by atoms with Crippen molar-refractivity contribution in [3.05, 3.63) is 30.5 Å². The molecule has 24 heavy (non-hydrogen) atoms. The lowest BCUT2D eigenvalue weighted by Crippen LogP contribution is -2.26. The first-order valence-corrected chi connectivity index (χ1v) is 7.54. The van der Waals surface area contributed by atoms with Crippen LogP contribution in [-0.4, -0.2) is 34.7 Å². The van der Waals surface area contributed by atoms with Gasteiger partial charge in [0.25, 0.3) is 0 Å². The molecule has 0 aliphatic heterocycles. The largest absolute Gasteiger partial charge is 0.459 e. The van der Waals surface area contributed by atoms with E-state index in [2.05, 4.69) is 10.1 Å². The van der Waals surface area contributed by atoms with Crippen molar-refractivity contribution in [3.8, 4) is 0 Å². The van der Waals surface area contributed by atoms with Crippen LogP contribution in [0.25, 0.3) is 10.9 Å². The number of fused-ring (bicyclic) bond motifs is 1. The third-order valence-corrected chi connectivity index (χ3v) is 3.00. The number of nitrogens with one attached hydrogen (secondary N) is 1. The van der Waals surface area contributed by atoms with Gasteiger partial charge in [0.1, 0.15) is 5.60 Å². The molecule has 0 radical (unpaired) electrons. The summed E-state index contributed by atoms with van der Waals surface area (Å²) < 4.78 is 11.4. The normalized spacial score (nSPS) is 11.2. The lowest BCUT2D eigenvalue weighted by Gasteiger charge is -2.19. The third kappa shape index (κ3) is 4.13. The zero-order chi connectivity index (χ0) is 17.9. The predicted molar refractivity (Wildman–Crippen MR) is 88.8 cm³/mol. The highest BCUT2D eigenvalue weighted by Gasteiger charge is 2.19. The summed E-state index contributed by atoms with van der Waals surface area (Å²) in [5.41, 5.74) is 0.474. The molecular weight excluding hydrogens is 312 g/mol. The zero-order valence-corrected chi connectivity index (χ0v) is 14.1. The fourth-order valence-corrected chi connectivity index (χ4v) is 2.07. The van der Waals surface area contributed by atoms with Crippen LogP contribution in [0.4, 0.5) is 10.5 Å². The van der Waals surface area contributed by atoms with E-state index in [1.54, 1.807) is 58.2 Å². The Kier molecular flexibility index (Phi) is 4.92. The molecule has 0 atom stereocenters. The average Bonchev–Trinajstić information content (AvgIpc) is 2.88. The molecule has 0 bridgehead atoms. The highest BCUT2D eigenvalue weighted by molar-refractivity contribution is 6.37. The van der Waals surface area contributed by atoms with Crippen molar-refractivity contribution in [1.29, 1.82) is 0 Å². The third-order valence-electron chi connectivity index (χ3n) is 3.00. The Morgan fingerprint density at radius 3 is 2.50 bits per heavy atom. The van der Waals surface area contributed by atoms with Crippen LogP contribution < -0.4 is 5.32 Å². The molecule has 1 N–H and O–H groups in total. The van der Waals surface area contributed by atoms with Crippen LogP contribution in [0.15, 0.2) is 30.5 Å². The van der Waals surface area contributed by atoms with Gasteiger partial charge in [-0.3, -0.25) is 9.36 Å². The van der Waals surface area contributed by atoms with Crippen molar-refractivity contribution < 1.29 is 23.9 Å². The fraction of sp³-hybridized carbons (Fsp3) is 0.353. The first kappa shape index (κ1) is 17.5. The number of ether oxygens (including phenoxy) is 2. The predicted octanol–water partition coefficient (Wildman–Crippen LogP) is 2.93. The van der Waals surface area contributed by atoms with Gasteiger partial charge in [-0.1, -0.05) is 0 Å². The van der Waals surface area contributed by atoms with Gasteiger partial charge in [0.05, 0.1) is 12.1 Å². The first-order valence-electron chi connectivity index (χ1n) is 7.54. The fourth-order valence-electron chi connectivity index (χ4n) is 2.07. The molecule has 0 aliphatic rings. The van der Waals surface area contributed by atoms with E-state index in [1.165, 1.54) is 4.57 Å². The Morgan fingerprint density at radius 1 is 1.17 bits per heavy atom. The van der Waals surface area contributed by atoms with Gasteiger partial charge < -0.3 is 14.8 Å². The number of carbonyl (C=O) groups is 3. The molecule has 0 unspecified atom stereocenters. The van der Waals surface area contributed by atoms with E-state index in [4.69, 9.17) is 4.74 Å². The van der Waals surface area contributed by atoms with Crippen LogP contribution in [0.2, 0.25) is 0 Å². The summed E-state index contributed by atoms with van der Waals surface area (Å²) in [6, 6.07) is 6.65. The highest BCUT2D eigenvalue weighted by Crippen LogP contribution is 2.22. The van der Waals surface area contributed by atoms with Crippen molar-refractivity contribution in [2.75, 3.05) is 11.9 Å². The summed E-state index contributed by atoms with van der Waals surface area (Å²) in [5.74, 6) is -1.79. The molecule has 1 aromatic carbocycles. The standard InChI is InChI=1S/C17H20N2O5/c1-5-23-15(21)14(20)18-12-6-7-13-11(10-12)8-9-19(13)16(22)24-17(2,3)4/h6-10H,5H2,1-4H3,(H,18,20). The van der Waals surface area contributed by atoms with Gasteiger partial charge in [0.2, 0.25) is 0 Å². The lowest BCUT2D eigenvalue weighted by molar-refractivity contribution is -0.152. The molecule has 0 aliphatic carbocycles. The number of anilines is 1. The number of rotatable bonds is 2. The highest BCUT2D eigenvalue weighted by atomic mass is 16.6. The van der Waals surface area contributed by atoms with E-state index in [-0.39, 0.29) is 6.61 Å². The first-order chi connectivity index (χ1) is 11.2. The van der Waals surface area contributed by atoms with Gasteiger partial charge in [-0.2, -0.15) is 0 Å². The molecule has 2 rings (SSSR count). The summed E-state index contributed by atoms with van der Waals surface area (Å²) >= 11 is 0. The monoisotopic (exact) mass is 332 g/mol. The van der Waals surface area contributed by atoms with Crippen LogP contribution in [0.5, 0.6) is 0 Å². The number of benzene rings is 1.